The molecular formula is C19H17NO2. The molecule has 0 saturated heterocycles. The quantitative estimate of drug-likeness (QED) is 0.768. The van der Waals surface area contributed by atoms with Crippen LogP contribution in [0.15, 0.2) is 48.5 Å². The molecule has 3 heteroatoms. The van der Waals surface area contributed by atoms with E-state index >= 15 is 0 Å². The van der Waals surface area contributed by atoms with Crippen LogP contribution >= 0.6 is 0 Å². The largest absolute Gasteiger partial charge is 0.299 e. The molecule has 110 valence electrons. The lowest BCUT2D eigenvalue weighted by molar-refractivity contribution is -0.126. The van der Waals surface area contributed by atoms with E-state index in [0.717, 1.165) is 16.7 Å². The molecule has 0 fully saturated rings. The second kappa shape index (κ2) is 7.33. The summed E-state index contributed by atoms with van der Waals surface area (Å²) in [6.07, 6.45) is 0.472. The molecule has 0 amide bonds. The number of nitriles is 1. The van der Waals surface area contributed by atoms with Crippen molar-refractivity contribution >= 4 is 11.6 Å². The number of aryl methyl sites for hydroxylation is 1. The summed E-state index contributed by atoms with van der Waals surface area (Å²) in [7, 11) is 0. The Morgan fingerprint density at radius 1 is 0.955 bits per heavy atom. The zero-order chi connectivity index (χ0) is 15.9. The highest BCUT2D eigenvalue weighted by Crippen LogP contribution is 2.09. The first-order valence-corrected chi connectivity index (χ1v) is 7.15. The Labute approximate surface area is 130 Å². The summed E-state index contributed by atoms with van der Waals surface area (Å²) in [5, 5.41) is 8.73. The van der Waals surface area contributed by atoms with Crippen molar-refractivity contribution in [3.05, 3.63) is 70.8 Å². The molecule has 3 nitrogen and oxygen atoms in total. The van der Waals surface area contributed by atoms with Gasteiger partial charge in [-0.1, -0.05) is 42.0 Å². The van der Waals surface area contributed by atoms with Gasteiger partial charge in [0.05, 0.1) is 18.1 Å². The third-order valence-corrected chi connectivity index (χ3v) is 3.36. The fourth-order valence-electron chi connectivity index (χ4n) is 2.32. The minimum atomic E-state index is -0.0950. The lowest BCUT2D eigenvalue weighted by atomic mass is 10.00. The van der Waals surface area contributed by atoms with Gasteiger partial charge in [0.1, 0.15) is 11.6 Å². The van der Waals surface area contributed by atoms with E-state index in [1.165, 1.54) is 0 Å². The van der Waals surface area contributed by atoms with E-state index in [4.69, 9.17) is 5.26 Å². The van der Waals surface area contributed by atoms with E-state index in [0.29, 0.717) is 12.0 Å². The van der Waals surface area contributed by atoms with Gasteiger partial charge < -0.3 is 0 Å². The molecule has 0 atom stereocenters. The highest BCUT2D eigenvalue weighted by Gasteiger charge is 2.11. The van der Waals surface area contributed by atoms with Crippen molar-refractivity contribution in [2.45, 2.75) is 26.2 Å². The molecule has 0 bridgehead atoms. The smallest absolute Gasteiger partial charge is 0.144 e. The number of hydrogen-bond donors (Lipinski definition) is 0. The number of hydrogen-bond acceptors (Lipinski definition) is 3. The normalized spacial score (nSPS) is 10.0. The minimum absolute atomic E-state index is 0.0477. The number of Topliss-reactive ketones (excluding diaryl/α,β-unsaturated/α-hetero) is 2. The fraction of sp³-hybridized carbons (Fsp3) is 0.211. The molecule has 0 aliphatic rings. The van der Waals surface area contributed by atoms with Gasteiger partial charge >= 0.3 is 0 Å². The van der Waals surface area contributed by atoms with Crippen molar-refractivity contribution in [1.82, 2.24) is 0 Å². The molecule has 0 heterocycles. The number of benzene rings is 2. The Morgan fingerprint density at radius 2 is 1.59 bits per heavy atom. The van der Waals surface area contributed by atoms with E-state index in [-0.39, 0.29) is 24.4 Å². The third kappa shape index (κ3) is 4.68. The van der Waals surface area contributed by atoms with Crippen LogP contribution in [0.3, 0.4) is 0 Å². The SMILES string of the molecule is Cc1cccc(CC(=O)CC(=O)Cc2ccc(C#N)cc2)c1. The Balaban J connectivity index is 1.88. The minimum Gasteiger partial charge on any atom is -0.299 e. The molecule has 0 aliphatic carbocycles. The van der Waals surface area contributed by atoms with Gasteiger partial charge in [-0.15, -0.1) is 0 Å². The predicted octanol–water partition coefficient (Wildman–Crippen LogP) is 3.18. The summed E-state index contributed by atoms with van der Waals surface area (Å²) < 4.78 is 0. The van der Waals surface area contributed by atoms with Crippen LogP contribution < -0.4 is 0 Å². The van der Waals surface area contributed by atoms with Crippen LogP contribution in [-0.4, -0.2) is 11.6 Å². The maximum Gasteiger partial charge on any atom is 0.144 e. The first-order valence-electron chi connectivity index (χ1n) is 7.15. The molecule has 0 N–H and O–H groups in total. The Bertz CT molecular complexity index is 724. The van der Waals surface area contributed by atoms with Crippen molar-refractivity contribution in [3.8, 4) is 6.07 Å². The Morgan fingerprint density at radius 3 is 2.18 bits per heavy atom. The molecule has 22 heavy (non-hydrogen) atoms. The lowest BCUT2D eigenvalue weighted by Crippen LogP contribution is -2.12. The summed E-state index contributed by atoms with van der Waals surface area (Å²) in [5.74, 6) is -0.161. The zero-order valence-corrected chi connectivity index (χ0v) is 12.5. The van der Waals surface area contributed by atoms with E-state index in [9.17, 15) is 9.59 Å². The molecule has 0 radical (unpaired) electrons. The molecule has 2 aromatic rings. The van der Waals surface area contributed by atoms with E-state index < -0.39 is 0 Å². The van der Waals surface area contributed by atoms with Crippen LogP contribution in [0.2, 0.25) is 0 Å². The summed E-state index contributed by atoms with van der Waals surface area (Å²) in [6.45, 7) is 1.98. The average Bonchev–Trinajstić information content (AvgIpc) is 2.47. The highest BCUT2D eigenvalue weighted by atomic mass is 16.1. The molecule has 0 aliphatic heterocycles. The van der Waals surface area contributed by atoms with Crippen molar-refractivity contribution in [2.24, 2.45) is 0 Å². The average molecular weight is 291 g/mol. The third-order valence-electron chi connectivity index (χ3n) is 3.36. The van der Waals surface area contributed by atoms with Crippen LogP contribution in [0.5, 0.6) is 0 Å². The van der Waals surface area contributed by atoms with E-state index in [2.05, 4.69) is 0 Å². The van der Waals surface area contributed by atoms with Crippen molar-refractivity contribution < 1.29 is 9.59 Å². The molecule has 2 aromatic carbocycles. The molecule has 0 spiro atoms. The molecule has 2 rings (SSSR count). The standard InChI is InChI=1S/C19H17NO2/c1-14-3-2-4-17(9-14)11-19(22)12-18(21)10-15-5-7-16(13-20)8-6-15/h2-9H,10-12H2,1H3. The van der Waals surface area contributed by atoms with Crippen LogP contribution in [-0.2, 0) is 22.4 Å². The van der Waals surface area contributed by atoms with Gasteiger partial charge in [-0.05, 0) is 30.2 Å². The van der Waals surface area contributed by atoms with Gasteiger partial charge in [0.25, 0.3) is 0 Å². The molecular weight excluding hydrogens is 274 g/mol. The van der Waals surface area contributed by atoms with Gasteiger partial charge in [-0.3, -0.25) is 9.59 Å². The fourth-order valence-corrected chi connectivity index (χ4v) is 2.32. The van der Waals surface area contributed by atoms with Crippen LogP contribution in [0.1, 0.15) is 28.7 Å². The summed E-state index contributed by atoms with van der Waals surface area (Å²) >= 11 is 0. The molecule has 0 aromatic heterocycles. The van der Waals surface area contributed by atoms with E-state index in [1.54, 1.807) is 24.3 Å². The van der Waals surface area contributed by atoms with Crippen molar-refractivity contribution in [1.29, 1.82) is 5.26 Å². The van der Waals surface area contributed by atoms with Gasteiger partial charge in [-0.25, -0.2) is 0 Å². The van der Waals surface area contributed by atoms with Crippen LogP contribution in [0.25, 0.3) is 0 Å². The monoisotopic (exact) mass is 291 g/mol. The Kier molecular flexibility index (Phi) is 5.21. The second-order valence-electron chi connectivity index (χ2n) is 5.41. The lowest BCUT2D eigenvalue weighted by Gasteiger charge is -2.03. The maximum atomic E-state index is 12.0. The van der Waals surface area contributed by atoms with Crippen LogP contribution in [0.4, 0.5) is 0 Å². The first kappa shape index (κ1) is 15.7. The van der Waals surface area contributed by atoms with Crippen molar-refractivity contribution in [3.63, 3.8) is 0 Å². The van der Waals surface area contributed by atoms with Gasteiger partial charge in [0, 0.05) is 12.8 Å². The maximum absolute atomic E-state index is 12.0. The molecule has 0 saturated carbocycles. The number of rotatable bonds is 6. The topological polar surface area (TPSA) is 57.9 Å². The van der Waals surface area contributed by atoms with Gasteiger partial charge in [0.15, 0.2) is 0 Å². The summed E-state index contributed by atoms with van der Waals surface area (Å²) in [4.78, 5) is 23.9. The summed E-state index contributed by atoms with van der Waals surface area (Å²) in [5.41, 5.74) is 3.43. The number of carbonyl (C=O) groups excluding carboxylic acids is 2. The van der Waals surface area contributed by atoms with Gasteiger partial charge in [0.2, 0.25) is 0 Å². The van der Waals surface area contributed by atoms with E-state index in [1.807, 2.05) is 37.3 Å². The second-order valence-corrected chi connectivity index (χ2v) is 5.41. The van der Waals surface area contributed by atoms with Crippen LogP contribution in [0, 0.1) is 18.3 Å². The highest BCUT2D eigenvalue weighted by molar-refractivity contribution is 6.00. The Hall–Kier alpha value is -2.73. The predicted molar refractivity (Wildman–Crippen MR) is 84.4 cm³/mol. The first-order chi connectivity index (χ1) is 10.6. The number of carbonyl (C=O) groups is 2. The summed E-state index contributed by atoms with van der Waals surface area (Å²) in [6, 6.07) is 16.6. The number of ketones is 2. The van der Waals surface area contributed by atoms with Crippen molar-refractivity contribution in [2.75, 3.05) is 0 Å². The van der Waals surface area contributed by atoms with Gasteiger partial charge in [-0.2, -0.15) is 5.26 Å². The zero-order valence-electron chi connectivity index (χ0n) is 12.5. The molecule has 0 unspecified atom stereocenters. The number of nitrogens with zero attached hydrogens (tertiary/aromatic N) is 1.